The second-order valence-electron chi connectivity index (χ2n) is 7.42. The van der Waals surface area contributed by atoms with Gasteiger partial charge in [-0.3, -0.25) is 9.89 Å². The molecule has 2 aliphatic rings. The van der Waals surface area contributed by atoms with Crippen molar-refractivity contribution in [2.75, 3.05) is 62.7 Å². The van der Waals surface area contributed by atoms with Crippen molar-refractivity contribution in [2.45, 2.75) is 13.1 Å². The molecule has 29 heavy (non-hydrogen) atoms. The molecule has 7 nitrogen and oxygen atoms in total. The summed E-state index contributed by atoms with van der Waals surface area (Å²) in [6, 6.07) is 10.9. The molecule has 3 heterocycles. The SMILES string of the molecule is CN=C(NCc1ccc(N2CCSCC2)cc1)N1CCN(Cc2ccon2)CC1. The lowest BCUT2D eigenvalue weighted by Gasteiger charge is -2.36. The van der Waals surface area contributed by atoms with Crippen LogP contribution in [-0.2, 0) is 13.1 Å². The van der Waals surface area contributed by atoms with Crippen LogP contribution in [0.25, 0.3) is 0 Å². The minimum absolute atomic E-state index is 0.794. The lowest BCUT2D eigenvalue weighted by Crippen LogP contribution is -2.52. The molecule has 8 heteroatoms. The Morgan fingerprint density at radius 1 is 1.07 bits per heavy atom. The topological polar surface area (TPSA) is 60.1 Å². The van der Waals surface area contributed by atoms with Gasteiger partial charge in [0.25, 0.3) is 0 Å². The zero-order valence-electron chi connectivity index (χ0n) is 17.1. The highest BCUT2D eigenvalue weighted by atomic mass is 32.2. The Hall–Kier alpha value is -2.19. The zero-order chi connectivity index (χ0) is 19.9. The monoisotopic (exact) mass is 414 g/mol. The quantitative estimate of drug-likeness (QED) is 0.594. The third kappa shape index (κ3) is 5.45. The Morgan fingerprint density at radius 2 is 1.83 bits per heavy atom. The molecule has 1 aromatic heterocycles. The van der Waals surface area contributed by atoms with Gasteiger partial charge in [0.2, 0.25) is 0 Å². The van der Waals surface area contributed by atoms with Crippen LogP contribution >= 0.6 is 11.8 Å². The molecule has 0 radical (unpaired) electrons. The normalized spacial score (nSPS) is 18.9. The van der Waals surface area contributed by atoms with Gasteiger partial charge in [0.05, 0.1) is 5.69 Å². The van der Waals surface area contributed by atoms with Crippen LogP contribution in [0.5, 0.6) is 0 Å². The van der Waals surface area contributed by atoms with E-state index >= 15 is 0 Å². The fourth-order valence-electron chi connectivity index (χ4n) is 3.83. The van der Waals surface area contributed by atoms with E-state index in [1.54, 1.807) is 6.26 Å². The molecule has 4 rings (SSSR count). The Bertz CT molecular complexity index is 765. The van der Waals surface area contributed by atoms with Gasteiger partial charge in [-0.25, -0.2) is 0 Å². The number of hydrogen-bond donors (Lipinski definition) is 1. The Balaban J connectivity index is 1.24. The Morgan fingerprint density at radius 3 is 2.48 bits per heavy atom. The van der Waals surface area contributed by atoms with Crippen LogP contribution in [-0.4, -0.2) is 78.7 Å². The van der Waals surface area contributed by atoms with E-state index in [-0.39, 0.29) is 0 Å². The molecule has 0 amide bonds. The van der Waals surface area contributed by atoms with Gasteiger partial charge in [-0.05, 0) is 17.7 Å². The van der Waals surface area contributed by atoms with Crippen molar-refractivity contribution in [1.29, 1.82) is 0 Å². The number of piperazine rings is 1. The van der Waals surface area contributed by atoms with Crippen LogP contribution in [0.1, 0.15) is 11.3 Å². The van der Waals surface area contributed by atoms with E-state index in [9.17, 15) is 0 Å². The number of thioether (sulfide) groups is 1. The molecule has 156 valence electrons. The first kappa shape index (κ1) is 20.1. The number of nitrogens with one attached hydrogen (secondary N) is 1. The molecule has 0 unspecified atom stereocenters. The van der Waals surface area contributed by atoms with Crippen molar-refractivity contribution in [3.63, 3.8) is 0 Å². The maximum absolute atomic E-state index is 4.93. The maximum atomic E-state index is 4.93. The van der Waals surface area contributed by atoms with Crippen molar-refractivity contribution in [3.8, 4) is 0 Å². The van der Waals surface area contributed by atoms with E-state index in [4.69, 9.17) is 4.52 Å². The summed E-state index contributed by atoms with van der Waals surface area (Å²) in [4.78, 5) is 11.7. The van der Waals surface area contributed by atoms with Gasteiger partial charge in [-0.1, -0.05) is 17.3 Å². The first-order valence-electron chi connectivity index (χ1n) is 10.3. The van der Waals surface area contributed by atoms with Gasteiger partial charge >= 0.3 is 0 Å². The van der Waals surface area contributed by atoms with Crippen molar-refractivity contribution in [3.05, 3.63) is 47.9 Å². The van der Waals surface area contributed by atoms with Crippen LogP contribution in [0, 0.1) is 0 Å². The molecule has 2 saturated heterocycles. The number of benzene rings is 1. The van der Waals surface area contributed by atoms with E-state index in [1.165, 1.54) is 22.8 Å². The minimum Gasteiger partial charge on any atom is -0.370 e. The third-order valence-electron chi connectivity index (χ3n) is 5.52. The fourth-order valence-corrected chi connectivity index (χ4v) is 4.73. The standard InChI is InChI=1S/C21H30N6OS/c1-22-21(27-9-7-25(8-10-27)17-19-6-13-28-24-19)23-16-18-2-4-20(5-3-18)26-11-14-29-15-12-26/h2-6,13H,7-12,14-17H2,1H3,(H,22,23). The van der Waals surface area contributed by atoms with E-state index in [1.807, 2.05) is 24.9 Å². The molecule has 0 atom stereocenters. The zero-order valence-corrected chi connectivity index (χ0v) is 17.9. The summed E-state index contributed by atoms with van der Waals surface area (Å²) in [5.74, 6) is 3.43. The van der Waals surface area contributed by atoms with Gasteiger partial charge in [-0.2, -0.15) is 11.8 Å². The molecule has 0 aliphatic carbocycles. The molecule has 1 N–H and O–H groups in total. The summed E-state index contributed by atoms with van der Waals surface area (Å²) in [6.07, 6.45) is 1.63. The van der Waals surface area contributed by atoms with Crippen LogP contribution in [0.2, 0.25) is 0 Å². The van der Waals surface area contributed by atoms with Gasteiger partial charge in [0.1, 0.15) is 6.26 Å². The van der Waals surface area contributed by atoms with Crippen LogP contribution in [0.3, 0.4) is 0 Å². The summed E-state index contributed by atoms with van der Waals surface area (Å²) in [5.41, 5.74) is 3.61. The maximum Gasteiger partial charge on any atom is 0.194 e. The molecule has 0 spiro atoms. The summed E-state index contributed by atoms with van der Waals surface area (Å²) in [7, 11) is 1.86. The van der Waals surface area contributed by atoms with Crippen molar-refractivity contribution in [2.24, 2.45) is 4.99 Å². The van der Waals surface area contributed by atoms with Crippen LogP contribution < -0.4 is 10.2 Å². The van der Waals surface area contributed by atoms with E-state index in [0.717, 1.165) is 64.0 Å². The predicted molar refractivity (Wildman–Crippen MR) is 120 cm³/mol. The molecule has 1 aromatic carbocycles. The van der Waals surface area contributed by atoms with Gasteiger partial charge in [0, 0.05) is 82.7 Å². The van der Waals surface area contributed by atoms with E-state index < -0.39 is 0 Å². The highest BCUT2D eigenvalue weighted by molar-refractivity contribution is 7.99. The number of anilines is 1. The lowest BCUT2D eigenvalue weighted by molar-refractivity contribution is 0.169. The Labute approximate surface area is 177 Å². The number of aliphatic imine (C=N–C) groups is 1. The molecule has 0 bridgehead atoms. The number of guanidine groups is 1. The number of hydrogen-bond acceptors (Lipinski definition) is 6. The molecular weight excluding hydrogens is 384 g/mol. The molecule has 2 fully saturated rings. The smallest absolute Gasteiger partial charge is 0.194 e. The van der Waals surface area contributed by atoms with Crippen LogP contribution in [0.15, 0.2) is 46.1 Å². The van der Waals surface area contributed by atoms with E-state index in [2.05, 4.69) is 54.4 Å². The fraction of sp³-hybridized carbons (Fsp3) is 0.524. The third-order valence-corrected chi connectivity index (χ3v) is 6.47. The first-order valence-corrected chi connectivity index (χ1v) is 11.5. The molecule has 2 aliphatic heterocycles. The van der Waals surface area contributed by atoms with Gasteiger partial charge < -0.3 is 19.6 Å². The lowest BCUT2D eigenvalue weighted by atomic mass is 10.2. The molecular formula is C21H30N6OS. The molecule has 2 aromatic rings. The van der Waals surface area contributed by atoms with Crippen molar-refractivity contribution < 1.29 is 4.52 Å². The average Bonchev–Trinajstić information content (AvgIpc) is 3.29. The summed E-state index contributed by atoms with van der Waals surface area (Å²) in [6.45, 7) is 7.86. The largest absolute Gasteiger partial charge is 0.370 e. The van der Waals surface area contributed by atoms with E-state index in [0.29, 0.717) is 0 Å². The Kier molecular flexibility index (Phi) is 6.95. The second-order valence-corrected chi connectivity index (χ2v) is 8.65. The van der Waals surface area contributed by atoms with Gasteiger partial charge in [0.15, 0.2) is 5.96 Å². The number of aromatic nitrogens is 1. The van der Waals surface area contributed by atoms with Crippen LogP contribution in [0.4, 0.5) is 5.69 Å². The minimum atomic E-state index is 0.794. The van der Waals surface area contributed by atoms with Gasteiger partial charge in [-0.15, -0.1) is 0 Å². The second kappa shape index (κ2) is 10.0. The predicted octanol–water partition coefficient (Wildman–Crippen LogP) is 2.12. The van der Waals surface area contributed by atoms with Crippen molar-refractivity contribution >= 4 is 23.4 Å². The average molecular weight is 415 g/mol. The summed E-state index contributed by atoms with van der Waals surface area (Å²) in [5, 5.41) is 7.54. The van der Waals surface area contributed by atoms with Crippen molar-refractivity contribution in [1.82, 2.24) is 20.3 Å². The number of nitrogens with zero attached hydrogens (tertiary/aromatic N) is 5. The highest BCUT2D eigenvalue weighted by Crippen LogP contribution is 2.20. The summed E-state index contributed by atoms with van der Waals surface area (Å²) >= 11 is 2.04. The first-order chi connectivity index (χ1) is 14.3. The highest BCUT2D eigenvalue weighted by Gasteiger charge is 2.20. The number of rotatable bonds is 5. The molecule has 0 saturated carbocycles. The summed E-state index contributed by atoms with van der Waals surface area (Å²) < 4.78 is 4.93.